The van der Waals surface area contributed by atoms with E-state index in [2.05, 4.69) is 4.98 Å². The Hall–Kier alpha value is -2.21. The maximum Gasteiger partial charge on any atom is 0.271 e. The molecule has 2 aromatic heterocycles. The fraction of sp³-hybridized carbons (Fsp3) is 0.143. The van der Waals surface area contributed by atoms with Crippen LogP contribution in [0.2, 0.25) is 0 Å². The summed E-state index contributed by atoms with van der Waals surface area (Å²) < 4.78 is 20.6. The second kappa shape index (κ2) is 5.05. The fourth-order valence-corrected chi connectivity index (χ4v) is 2.79. The molecule has 4 nitrogen and oxygen atoms in total. The molecule has 0 aliphatic rings. The number of nitrogens with zero attached hydrogens (tertiary/aromatic N) is 2. The van der Waals surface area contributed by atoms with Gasteiger partial charge in [-0.15, -0.1) is 11.3 Å². The van der Waals surface area contributed by atoms with Crippen molar-refractivity contribution < 1.29 is 9.13 Å². The van der Waals surface area contributed by atoms with Crippen LogP contribution in [0.25, 0.3) is 10.2 Å². The molecule has 6 heteroatoms. The third kappa shape index (κ3) is 2.18. The molecular weight excluding hydrogens is 279 g/mol. The van der Waals surface area contributed by atoms with Crippen molar-refractivity contribution >= 4 is 21.6 Å². The molecule has 0 saturated heterocycles. The summed E-state index contributed by atoms with van der Waals surface area (Å²) in [6.07, 6.45) is 1.49. The quantitative estimate of drug-likeness (QED) is 0.745. The lowest BCUT2D eigenvalue weighted by Gasteiger charge is -2.07. The minimum atomic E-state index is -0.441. The molecule has 0 fully saturated rings. The van der Waals surface area contributed by atoms with Crippen LogP contribution in [0.5, 0.6) is 5.75 Å². The van der Waals surface area contributed by atoms with Gasteiger partial charge in [0.25, 0.3) is 5.56 Å². The van der Waals surface area contributed by atoms with Crippen LogP contribution in [-0.2, 0) is 6.54 Å². The van der Waals surface area contributed by atoms with Gasteiger partial charge in [-0.2, -0.15) is 0 Å². The zero-order valence-corrected chi connectivity index (χ0v) is 11.5. The molecule has 0 atom stereocenters. The number of benzene rings is 1. The fourth-order valence-electron chi connectivity index (χ4n) is 2.00. The van der Waals surface area contributed by atoms with Crippen molar-refractivity contribution in [1.29, 1.82) is 0 Å². The lowest BCUT2D eigenvalue weighted by atomic mass is 10.2. The lowest BCUT2D eigenvalue weighted by molar-refractivity contribution is 0.386. The number of methoxy groups -OCH3 is 1. The summed E-state index contributed by atoms with van der Waals surface area (Å²) in [5.41, 5.74) is 1.27. The van der Waals surface area contributed by atoms with Crippen LogP contribution in [0.4, 0.5) is 4.39 Å². The van der Waals surface area contributed by atoms with E-state index in [0.717, 1.165) is 0 Å². The van der Waals surface area contributed by atoms with Crippen LogP contribution in [0.15, 0.2) is 40.8 Å². The summed E-state index contributed by atoms with van der Waals surface area (Å²) >= 11 is 1.36. The minimum Gasteiger partial charge on any atom is -0.494 e. The summed E-state index contributed by atoms with van der Waals surface area (Å²) in [6.45, 7) is 0.278. The van der Waals surface area contributed by atoms with Crippen molar-refractivity contribution in [2.75, 3.05) is 7.11 Å². The summed E-state index contributed by atoms with van der Waals surface area (Å²) in [6, 6.07) is 6.45. The Labute approximate surface area is 118 Å². The third-order valence-corrected chi connectivity index (χ3v) is 3.90. The molecule has 0 unspecified atom stereocenters. The van der Waals surface area contributed by atoms with Crippen LogP contribution in [-0.4, -0.2) is 16.7 Å². The first-order chi connectivity index (χ1) is 9.69. The van der Waals surface area contributed by atoms with E-state index in [4.69, 9.17) is 4.74 Å². The number of thiophene rings is 1. The first-order valence-electron chi connectivity index (χ1n) is 5.94. The van der Waals surface area contributed by atoms with E-state index in [1.165, 1.54) is 35.4 Å². The molecule has 1 aromatic carbocycles. The SMILES string of the molecule is COc1ccc(Cn2cnc3ccsc3c2=O)cc1F. The maximum absolute atomic E-state index is 13.6. The lowest BCUT2D eigenvalue weighted by Crippen LogP contribution is -2.20. The van der Waals surface area contributed by atoms with Crippen molar-refractivity contribution in [3.63, 3.8) is 0 Å². The topological polar surface area (TPSA) is 44.1 Å². The van der Waals surface area contributed by atoms with Gasteiger partial charge in [-0.1, -0.05) is 6.07 Å². The second-order valence-electron chi connectivity index (χ2n) is 4.28. The Morgan fingerprint density at radius 3 is 3.00 bits per heavy atom. The average molecular weight is 290 g/mol. The maximum atomic E-state index is 13.6. The number of rotatable bonds is 3. The normalized spacial score (nSPS) is 10.9. The van der Waals surface area contributed by atoms with Crippen LogP contribution in [0, 0.1) is 5.82 Å². The Balaban J connectivity index is 1.98. The number of fused-ring (bicyclic) bond motifs is 1. The monoisotopic (exact) mass is 290 g/mol. The van der Waals surface area contributed by atoms with Crippen LogP contribution >= 0.6 is 11.3 Å². The summed E-state index contributed by atoms with van der Waals surface area (Å²) in [5.74, 6) is -0.254. The van der Waals surface area contributed by atoms with E-state index in [9.17, 15) is 9.18 Å². The molecular formula is C14H11FN2O2S. The predicted molar refractivity (Wildman–Crippen MR) is 75.9 cm³/mol. The molecule has 2 heterocycles. The Morgan fingerprint density at radius 1 is 1.40 bits per heavy atom. The standard InChI is InChI=1S/C14H11FN2O2S/c1-19-12-3-2-9(6-10(12)15)7-17-8-16-11-4-5-20-13(11)14(17)18/h2-6,8H,7H2,1H3. The highest BCUT2D eigenvalue weighted by atomic mass is 32.1. The van der Waals surface area contributed by atoms with Crippen LogP contribution in [0.3, 0.4) is 0 Å². The van der Waals surface area contributed by atoms with Gasteiger partial charge in [-0.3, -0.25) is 9.36 Å². The Kier molecular flexibility index (Phi) is 3.23. The summed E-state index contributed by atoms with van der Waals surface area (Å²) in [5, 5.41) is 1.83. The van der Waals surface area contributed by atoms with E-state index >= 15 is 0 Å². The van der Waals surface area contributed by atoms with Gasteiger partial charge in [0, 0.05) is 0 Å². The van der Waals surface area contributed by atoms with Gasteiger partial charge in [0.05, 0.1) is 25.5 Å². The van der Waals surface area contributed by atoms with Crippen molar-refractivity contribution in [3.05, 3.63) is 57.7 Å². The molecule has 20 heavy (non-hydrogen) atoms. The van der Waals surface area contributed by atoms with Crippen molar-refractivity contribution in [3.8, 4) is 5.75 Å². The van der Waals surface area contributed by atoms with E-state index < -0.39 is 5.82 Å². The average Bonchev–Trinajstić information content (AvgIpc) is 2.91. The van der Waals surface area contributed by atoms with Gasteiger partial charge in [0.1, 0.15) is 4.70 Å². The number of aromatic nitrogens is 2. The smallest absolute Gasteiger partial charge is 0.271 e. The zero-order valence-electron chi connectivity index (χ0n) is 10.7. The molecule has 3 rings (SSSR count). The molecule has 102 valence electrons. The highest BCUT2D eigenvalue weighted by molar-refractivity contribution is 7.17. The highest BCUT2D eigenvalue weighted by Crippen LogP contribution is 2.18. The molecule has 0 saturated carbocycles. The van der Waals surface area contributed by atoms with E-state index in [0.29, 0.717) is 15.8 Å². The van der Waals surface area contributed by atoms with E-state index in [1.807, 2.05) is 5.38 Å². The number of ether oxygens (including phenoxy) is 1. The van der Waals surface area contributed by atoms with Gasteiger partial charge in [0.2, 0.25) is 0 Å². The van der Waals surface area contributed by atoms with E-state index in [1.54, 1.807) is 18.2 Å². The number of hydrogen-bond donors (Lipinski definition) is 0. The zero-order chi connectivity index (χ0) is 14.1. The van der Waals surface area contributed by atoms with Crippen LogP contribution < -0.4 is 10.3 Å². The predicted octanol–water partition coefficient (Wildman–Crippen LogP) is 2.65. The highest BCUT2D eigenvalue weighted by Gasteiger charge is 2.08. The molecule has 0 amide bonds. The number of halogens is 1. The second-order valence-corrected chi connectivity index (χ2v) is 5.20. The van der Waals surface area contributed by atoms with Gasteiger partial charge in [-0.05, 0) is 29.1 Å². The van der Waals surface area contributed by atoms with Gasteiger partial charge < -0.3 is 4.74 Å². The minimum absolute atomic E-state index is 0.110. The Morgan fingerprint density at radius 2 is 2.25 bits per heavy atom. The number of hydrogen-bond acceptors (Lipinski definition) is 4. The van der Waals surface area contributed by atoms with Gasteiger partial charge in [0.15, 0.2) is 11.6 Å². The molecule has 0 aliphatic carbocycles. The molecule has 0 radical (unpaired) electrons. The molecule has 0 spiro atoms. The molecule has 0 aliphatic heterocycles. The van der Waals surface area contributed by atoms with Crippen LogP contribution in [0.1, 0.15) is 5.56 Å². The molecule has 0 bridgehead atoms. The van der Waals surface area contributed by atoms with Gasteiger partial charge in [-0.25, -0.2) is 9.37 Å². The summed E-state index contributed by atoms with van der Waals surface area (Å²) in [7, 11) is 1.41. The van der Waals surface area contributed by atoms with Crippen molar-refractivity contribution in [2.45, 2.75) is 6.54 Å². The summed E-state index contributed by atoms with van der Waals surface area (Å²) in [4.78, 5) is 16.4. The van der Waals surface area contributed by atoms with Gasteiger partial charge >= 0.3 is 0 Å². The third-order valence-electron chi connectivity index (χ3n) is 3.00. The molecule has 0 N–H and O–H groups in total. The molecule has 3 aromatic rings. The first-order valence-corrected chi connectivity index (χ1v) is 6.82. The van der Waals surface area contributed by atoms with Crippen molar-refractivity contribution in [2.24, 2.45) is 0 Å². The first kappa shape index (κ1) is 12.8. The largest absolute Gasteiger partial charge is 0.494 e. The Bertz CT molecular complexity index is 825. The van der Waals surface area contributed by atoms with Crippen molar-refractivity contribution in [1.82, 2.24) is 9.55 Å². The van der Waals surface area contributed by atoms with E-state index in [-0.39, 0.29) is 17.9 Å².